The zero-order chi connectivity index (χ0) is 17.5. The molecule has 0 aromatic heterocycles. The molecule has 0 spiro atoms. The van der Waals surface area contributed by atoms with E-state index in [4.69, 9.17) is 0 Å². The van der Waals surface area contributed by atoms with Gasteiger partial charge in [-0.15, -0.1) is 0 Å². The molecule has 0 aliphatic carbocycles. The molecule has 2 aromatic rings. The van der Waals surface area contributed by atoms with Crippen molar-refractivity contribution in [2.24, 2.45) is 0 Å². The van der Waals surface area contributed by atoms with Gasteiger partial charge in [0.1, 0.15) is 11.9 Å². The molecule has 0 saturated heterocycles. The summed E-state index contributed by atoms with van der Waals surface area (Å²) in [4.78, 5) is 33.9. The third kappa shape index (κ3) is 4.87. The third-order valence-electron chi connectivity index (χ3n) is 3.15. The maximum atomic E-state index is 13.3. The number of imide groups is 1. The van der Waals surface area contributed by atoms with Crippen LogP contribution in [0, 0.1) is 15.9 Å². The van der Waals surface area contributed by atoms with Crippen molar-refractivity contribution in [3.63, 3.8) is 0 Å². The highest BCUT2D eigenvalue weighted by Gasteiger charge is 2.21. The van der Waals surface area contributed by atoms with Crippen molar-refractivity contribution in [2.75, 3.05) is 6.54 Å². The van der Waals surface area contributed by atoms with Crippen LogP contribution in [0.4, 0.5) is 9.18 Å². The van der Waals surface area contributed by atoms with E-state index in [1.54, 1.807) is 18.2 Å². The van der Waals surface area contributed by atoms with Crippen LogP contribution in [0.1, 0.15) is 22.0 Å². The molecule has 0 aliphatic rings. The first-order chi connectivity index (χ1) is 11.5. The topological polar surface area (TPSA) is 101 Å². The molecule has 0 heterocycles. The summed E-state index contributed by atoms with van der Waals surface area (Å²) in [5.74, 6) is -1.23. The Morgan fingerprint density at radius 2 is 1.83 bits per heavy atom. The normalized spacial score (nSPS) is 11.4. The van der Waals surface area contributed by atoms with Crippen LogP contribution in [0.25, 0.3) is 0 Å². The molecule has 3 amide bonds. The van der Waals surface area contributed by atoms with Gasteiger partial charge in [-0.1, -0.05) is 30.3 Å². The number of benzene rings is 2. The zero-order valence-corrected chi connectivity index (χ0v) is 12.4. The molecule has 1 atom stereocenters. The molecule has 2 aromatic carbocycles. The van der Waals surface area contributed by atoms with E-state index in [-0.39, 0.29) is 11.1 Å². The van der Waals surface area contributed by atoms with Gasteiger partial charge >= 0.3 is 6.03 Å². The van der Waals surface area contributed by atoms with E-state index in [1.165, 1.54) is 30.3 Å². The Kier molecular flexibility index (Phi) is 5.56. The summed E-state index contributed by atoms with van der Waals surface area (Å²) in [5, 5.41) is 15.2. The van der Waals surface area contributed by atoms with Crippen molar-refractivity contribution in [1.82, 2.24) is 10.6 Å². The standard InChI is InChI=1S/C16H14FN3O4/c17-13-8-4-7-12(9-13)14(10-20(23)24)18-16(22)19-15(21)11-5-2-1-3-6-11/h1-9,14H,10H2,(H2,18,19,21,22). The van der Waals surface area contributed by atoms with Gasteiger partial charge < -0.3 is 5.32 Å². The largest absolute Gasteiger partial charge is 0.324 e. The summed E-state index contributed by atoms with van der Waals surface area (Å²) in [5.41, 5.74) is 0.498. The van der Waals surface area contributed by atoms with Crippen LogP contribution < -0.4 is 10.6 Å². The van der Waals surface area contributed by atoms with Crippen LogP contribution in [-0.4, -0.2) is 23.4 Å². The molecule has 124 valence electrons. The van der Waals surface area contributed by atoms with E-state index in [1.807, 2.05) is 0 Å². The van der Waals surface area contributed by atoms with E-state index in [0.29, 0.717) is 0 Å². The summed E-state index contributed by atoms with van der Waals surface area (Å²) >= 11 is 0. The van der Waals surface area contributed by atoms with Gasteiger partial charge in [-0.05, 0) is 29.8 Å². The summed E-state index contributed by atoms with van der Waals surface area (Å²) in [6, 6.07) is 11.2. The maximum Gasteiger partial charge on any atom is 0.322 e. The summed E-state index contributed by atoms with van der Waals surface area (Å²) in [6.07, 6.45) is 0. The number of urea groups is 1. The van der Waals surface area contributed by atoms with Crippen molar-refractivity contribution < 1.29 is 18.9 Å². The maximum absolute atomic E-state index is 13.3. The van der Waals surface area contributed by atoms with Gasteiger partial charge in [-0.25, -0.2) is 9.18 Å². The fourth-order valence-corrected chi connectivity index (χ4v) is 2.07. The molecule has 7 nitrogen and oxygen atoms in total. The van der Waals surface area contributed by atoms with Crippen LogP contribution in [0.15, 0.2) is 54.6 Å². The van der Waals surface area contributed by atoms with E-state index < -0.39 is 35.3 Å². The minimum atomic E-state index is -1.07. The minimum Gasteiger partial charge on any atom is -0.324 e. The van der Waals surface area contributed by atoms with Crippen molar-refractivity contribution in [1.29, 1.82) is 0 Å². The minimum absolute atomic E-state index is 0.231. The number of nitro groups is 1. The first-order valence-electron chi connectivity index (χ1n) is 7.00. The third-order valence-corrected chi connectivity index (χ3v) is 3.15. The number of amides is 3. The quantitative estimate of drug-likeness (QED) is 0.648. The monoisotopic (exact) mass is 331 g/mol. The van der Waals surface area contributed by atoms with E-state index >= 15 is 0 Å². The second kappa shape index (κ2) is 7.82. The van der Waals surface area contributed by atoms with Gasteiger partial charge in [0.25, 0.3) is 5.91 Å². The van der Waals surface area contributed by atoms with Gasteiger partial charge in [-0.3, -0.25) is 20.2 Å². The highest BCUT2D eigenvalue weighted by atomic mass is 19.1. The number of carbonyl (C=O) groups is 2. The molecule has 0 bridgehead atoms. The predicted octanol–water partition coefficient (Wildman–Crippen LogP) is 2.28. The number of nitrogens with one attached hydrogen (secondary N) is 2. The lowest BCUT2D eigenvalue weighted by molar-refractivity contribution is -0.484. The molecular formula is C16H14FN3O4. The first-order valence-corrected chi connectivity index (χ1v) is 7.00. The molecule has 0 saturated carbocycles. The summed E-state index contributed by atoms with van der Waals surface area (Å²) in [6.45, 7) is -0.642. The molecule has 24 heavy (non-hydrogen) atoms. The Labute approximate surface area is 136 Å². The molecule has 2 N–H and O–H groups in total. The Morgan fingerprint density at radius 3 is 2.46 bits per heavy atom. The van der Waals surface area contributed by atoms with Crippen molar-refractivity contribution in [3.8, 4) is 0 Å². The second-order valence-corrected chi connectivity index (χ2v) is 4.92. The van der Waals surface area contributed by atoms with Crippen LogP contribution in [-0.2, 0) is 0 Å². The molecule has 0 aliphatic heterocycles. The Hall–Kier alpha value is -3.29. The van der Waals surface area contributed by atoms with Crippen LogP contribution in [0.3, 0.4) is 0 Å². The highest BCUT2D eigenvalue weighted by Crippen LogP contribution is 2.14. The Bertz CT molecular complexity index is 752. The van der Waals surface area contributed by atoms with Gasteiger partial charge in [0.2, 0.25) is 6.54 Å². The number of carbonyl (C=O) groups excluding carboxylic acids is 2. The smallest absolute Gasteiger partial charge is 0.322 e. The SMILES string of the molecule is O=C(NC(=O)c1ccccc1)NC(C[N+](=O)[O-])c1cccc(F)c1. The lowest BCUT2D eigenvalue weighted by Gasteiger charge is -2.15. The number of hydrogen-bond donors (Lipinski definition) is 2. The van der Waals surface area contributed by atoms with Gasteiger partial charge in [-0.2, -0.15) is 0 Å². The van der Waals surface area contributed by atoms with Crippen LogP contribution >= 0.6 is 0 Å². The Morgan fingerprint density at radius 1 is 1.12 bits per heavy atom. The first kappa shape index (κ1) is 17.1. The Balaban J connectivity index is 2.07. The van der Waals surface area contributed by atoms with E-state index in [9.17, 15) is 24.1 Å². The second-order valence-electron chi connectivity index (χ2n) is 4.92. The van der Waals surface area contributed by atoms with Crippen molar-refractivity contribution in [3.05, 3.63) is 81.7 Å². The average Bonchev–Trinajstić information content (AvgIpc) is 2.54. The number of rotatable bonds is 5. The van der Waals surface area contributed by atoms with Gasteiger partial charge in [0, 0.05) is 10.5 Å². The van der Waals surface area contributed by atoms with E-state index in [0.717, 1.165) is 6.07 Å². The number of halogens is 1. The van der Waals surface area contributed by atoms with Crippen LogP contribution in [0.2, 0.25) is 0 Å². The van der Waals surface area contributed by atoms with Gasteiger partial charge in [0.05, 0.1) is 0 Å². The lowest BCUT2D eigenvalue weighted by atomic mass is 10.1. The fourth-order valence-electron chi connectivity index (χ4n) is 2.07. The molecular weight excluding hydrogens is 317 g/mol. The molecule has 0 fully saturated rings. The highest BCUT2D eigenvalue weighted by molar-refractivity contribution is 6.04. The zero-order valence-electron chi connectivity index (χ0n) is 12.4. The summed E-state index contributed by atoms with van der Waals surface area (Å²) < 4.78 is 13.3. The van der Waals surface area contributed by atoms with Gasteiger partial charge in [0.15, 0.2) is 0 Å². The number of nitrogens with zero attached hydrogens (tertiary/aromatic N) is 1. The average molecular weight is 331 g/mol. The lowest BCUT2D eigenvalue weighted by Crippen LogP contribution is -2.43. The molecule has 1 unspecified atom stereocenters. The molecule has 2 rings (SSSR count). The molecule has 8 heteroatoms. The fraction of sp³-hybridized carbons (Fsp3) is 0.125. The predicted molar refractivity (Wildman–Crippen MR) is 83.4 cm³/mol. The van der Waals surface area contributed by atoms with Crippen molar-refractivity contribution >= 4 is 11.9 Å². The van der Waals surface area contributed by atoms with Crippen molar-refractivity contribution in [2.45, 2.75) is 6.04 Å². The van der Waals surface area contributed by atoms with Crippen LogP contribution in [0.5, 0.6) is 0 Å². The molecule has 0 radical (unpaired) electrons. The van der Waals surface area contributed by atoms with E-state index in [2.05, 4.69) is 10.6 Å². The number of hydrogen-bond acceptors (Lipinski definition) is 4. The summed E-state index contributed by atoms with van der Waals surface area (Å²) in [7, 11) is 0.